The number of unbranched alkanes of at least 4 members (excludes halogenated alkanes) is 32. The molecular weight excluding hydrogens is 758 g/mol. The molecule has 0 bridgehead atoms. The van der Waals surface area contributed by atoms with Gasteiger partial charge in [-0.3, -0.25) is 13.8 Å². The molecule has 0 aromatic carbocycles. The zero-order valence-corrected chi connectivity index (χ0v) is 40.9. The van der Waals surface area contributed by atoms with Crippen LogP contribution in [0.1, 0.15) is 245 Å². The molecule has 0 heterocycles. The Morgan fingerprint density at radius 2 is 0.881 bits per heavy atom. The van der Waals surface area contributed by atoms with Gasteiger partial charge in [-0.1, -0.05) is 212 Å². The molecule has 0 rings (SSSR count). The van der Waals surface area contributed by atoms with E-state index >= 15 is 0 Å². The molecule has 8 nitrogen and oxygen atoms in total. The maximum Gasteiger partial charge on any atom is 0.472 e. The normalized spacial score (nSPS) is 13.7. The van der Waals surface area contributed by atoms with Gasteiger partial charge in [-0.15, -0.1) is 0 Å². The Morgan fingerprint density at radius 3 is 1.32 bits per heavy atom. The molecule has 0 radical (unpaired) electrons. The standard InChI is InChI=1S/C50H100NO7P/c1-6-8-10-12-14-16-18-20-21-22-23-24-25-26-27-28-29-30-31-33-35-37-39-41-43-50(52)58-49(48-57-59(53,54)56-46-44-51(3,4)5)47-55-45-42-40-38-36-34-32-19-17-15-13-11-9-7-2/h15,17,49H,6-14,16,18-48H2,1-5H3/p+1/b17-15-. The number of quaternary nitrogens is 1. The van der Waals surface area contributed by atoms with E-state index in [1.54, 1.807) is 0 Å². The van der Waals surface area contributed by atoms with Crippen LogP contribution >= 0.6 is 7.82 Å². The number of phosphoric acid groups is 1. The van der Waals surface area contributed by atoms with Gasteiger partial charge in [0.25, 0.3) is 0 Å². The molecular formula is C50H101NO7P+. The molecule has 0 aliphatic rings. The summed E-state index contributed by atoms with van der Waals surface area (Å²) in [5.74, 6) is -0.310. The lowest BCUT2D eigenvalue weighted by Gasteiger charge is -2.24. The Kier molecular flexibility index (Phi) is 43.3. The summed E-state index contributed by atoms with van der Waals surface area (Å²) < 4.78 is 35.1. The average molecular weight is 859 g/mol. The molecule has 0 aromatic heterocycles. The Hall–Kier alpha value is -0.760. The molecule has 0 fully saturated rings. The fourth-order valence-corrected chi connectivity index (χ4v) is 8.11. The van der Waals surface area contributed by atoms with E-state index in [9.17, 15) is 14.3 Å². The quantitative estimate of drug-likeness (QED) is 0.0214. The van der Waals surface area contributed by atoms with Gasteiger partial charge in [0.15, 0.2) is 0 Å². The van der Waals surface area contributed by atoms with E-state index < -0.39 is 13.9 Å². The monoisotopic (exact) mass is 859 g/mol. The Labute approximate surface area is 367 Å². The molecule has 2 atom stereocenters. The van der Waals surface area contributed by atoms with Crippen molar-refractivity contribution >= 4 is 13.8 Å². The second-order valence-electron chi connectivity index (χ2n) is 18.6. The van der Waals surface area contributed by atoms with Gasteiger partial charge in [0.05, 0.1) is 34.4 Å². The molecule has 2 unspecified atom stereocenters. The van der Waals surface area contributed by atoms with Crippen LogP contribution in [0.15, 0.2) is 12.2 Å². The first-order valence-corrected chi connectivity index (χ1v) is 26.9. The van der Waals surface area contributed by atoms with Crippen LogP contribution in [0.5, 0.6) is 0 Å². The van der Waals surface area contributed by atoms with Crippen LogP contribution in [-0.4, -0.2) is 75.6 Å². The van der Waals surface area contributed by atoms with Gasteiger partial charge in [0.1, 0.15) is 19.3 Å². The summed E-state index contributed by atoms with van der Waals surface area (Å²) >= 11 is 0. The number of allylic oxidation sites excluding steroid dienone is 2. The van der Waals surface area contributed by atoms with Crippen LogP contribution in [0.25, 0.3) is 0 Å². The van der Waals surface area contributed by atoms with E-state index in [-0.39, 0.29) is 25.8 Å². The third kappa shape index (κ3) is 48.1. The number of phosphoric ester groups is 1. The van der Waals surface area contributed by atoms with Crippen LogP contribution < -0.4 is 0 Å². The first kappa shape index (κ1) is 58.2. The molecule has 9 heteroatoms. The molecule has 0 spiro atoms. The summed E-state index contributed by atoms with van der Waals surface area (Å²) in [4.78, 5) is 23.0. The minimum Gasteiger partial charge on any atom is -0.457 e. The Balaban J connectivity index is 4.03. The first-order chi connectivity index (χ1) is 28.6. The number of rotatable bonds is 48. The van der Waals surface area contributed by atoms with Gasteiger partial charge in [-0.2, -0.15) is 0 Å². The third-order valence-electron chi connectivity index (χ3n) is 11.3. The lowest BCUT2D eigenvalue weighted by Crippen LogP contribution is -2.37. The highest BCUT2D eigenvalue weighted by Crippen LogP contribution is 2.43. The first-order valence-electron chi connectivity index (χ1n) is 25.4. The van der Waals surface area contributed by atoms with Gasteiger partial charge < -0.3 is 18.9 Å². The molecule has 0 saturated carbocycles. The number of likely N-dealkylation sites (N-methyl/N-ethyl adjacent to an activating group) is 1. The molecule has 0 aliphatic carbocycles. The zero-order chi connectivity index (χ0) is 43.4. The molecule has 0 aromatic rings. The lowest BCUT2D eigenvalue weighted by molar-refractivity contribution is -0.870. The second-order valence-corrected chi connectivity index (χ2v) is 20.0. The number of nitrogens with zero attached hydrogens (tertiary/aromatic N) is 1. The summed E-state index contributed by atoms with van der Waals surface area (Å²) in [5.41, 5.74) is 0. The highest BCUT2D eigenvalue weighted by atomic mass is 31.2. The van der Waals surface area contributed by atoms with Gasteiger partial charge >= 0.3 is 13.8 Å². The van der Waals surface area contributed by atoms with Crippen molar-refractivity contribution in [3.8, 4) is 0 Å². The summed E-state index contributed by atoms with van der Waals surface area (Å²) in [7, 11) is 1.68. The van der Waals surface area contributed by atoms with Crippen LogP contribution in [0.4, 0.5) is 0 Å². The summed E-state index contributed by atoms with van der Waals surface area (Å²) in [5, 5.41) is 0. The van der Waals surface area contributed by atoms with Crippen LogP contribution in [0.3, 0.4) is 0 Å². The zero-order valence-electron chi connectivity index (χ0n) is 40.0. The van der Waals surface area contributed by atoms with Crippen LogP contribution in [0, 0.1) is 0 Å². The Bertz CT molecular complexity index is 956. The van der Waals surface area contributed by atoms with E-state index in [1.807, 2.05) is 21.1 Å². The molecule has 352 valence electrons. The number of esters is 1. The minimum atomic E-state index is -4.27. The highest BCUT2D eigenvalue weighted by molar-refractivity contribution is 7.47. The molecule has 0 amide bonds. The predicted molar refractivity (Wildman–Crippen MR) is 252 cm³/mol. The summed E-state index contributed by atoms with van der Waals surface area (Å²) in [6.45, 7) is 5.64. The van der Waals surface area contributed by atoms with E-state index in [4.69, 9.17) is 18.5 Å². The van der Waals surface area contributed by atoms with Crippen molar-refractivity contribution in [2.45, 2.75) is 251 Å². The third-order valence-corrected chi connectivity index (χ3v) is 12.3. The van der Waals surface area contributed by atoms with Crippen molar-refractivity contribution in [2.75, 3.05) is 54.1 Å². The predicted octanol–water partition coefficient (Wildman–Crippen LogP) is 15.4. The van der Waals surface area contributed by atoms with Crippen molar-refractivity contribution in [3.63, 3.8) is 0 Å². The number of hydrogen-bond acceptors (Lipinski definition) is 6. The largest absolute Gasteiger partial charge is 0.472 e. The number of hydrogen-bond donors (Lipinski definition) is 1. The van der Waals surface area contributed by atoms with Crippen LogP contribution in [0.2, 0.25) is 0 Å². The van der Waals surface area contributed by atoms with Gasteiger partial charge in [0.2, 0.25) is 0 Å². The van der Waals surface area contributed by atoms with Crippen LogP contribution in [-0.2, 0) is 27.9 Å². The number of carbonyl (C=O) groups excluding carboxylic acids is 1. The molecule has 59 heavy (non-hydrogen) atoms. The maximum absolute atomic E-state index is 12.7. The van der Waals surface area contributed by atoms with Crippen molar-refractivity contribution in [1.82, 2.24) is 0 Å². The van der Waals surface area contributed by atoms with E-state index in [1.165, 1.54) is 193 Å². The van der Waals surface area contributed by atoms with Crippen molar-refractivity contribution in [1.29, 1.82) is 0 Å². The van der Waals surface area contributed by atoms with E-state index in [0.717, 1.165) is 32.1 Å². The fraction of sp³-hybridized carbons (Fsp3) is 0.940. The smallest absolute Gasteiger partial charge is 0.457 e. The molecule has 1 N–H and O–H groups in total. The summed E-state index contributed by atoms with van der Waals surface area (Å²) in [6, 6.07) is 0. The highest BCUT2D eigenvalue weighted by Gasteiger charge is 2.26. The van der Waals surface area contributed by atoms with Crippen molar-refractivity contribution in [2.24, 2.45) is 0 Å². The molecule has 0 aliphatic heterocycles. The average Bonchev–Trinajstić information content (AvgIpc) is 3.19. The minimum absolute atomic E-state index is 0.0908. The van der Waals surface area contributed by atoms with Gasteiger partial charge in [-0.25, -0.2) is 4.57 Å². The van der Waals surface area contributed by atoms with Gasteiger partial charge in [0, 0.05) is 13.0 Å². The topological polar surface area (TPSA) is 91.3 Å². The van der Waals surface area contributed by atoms with E-state index in [2.05, 4.69) is 26.0 Å². The fourth-order valence-electron chi connectivity index (χ4n) is 7.37. The Morgan fingerprint density at radius 1 is 0.508 bits per heavy atom. The number of carbonyl (C=O) groups is 1. The van der Waals surface area contributed by atoms with E-state index in [0.29, 0.717) is 24.1 Å². The maximum atomic E-state index is 12.7. The van der Waals surface area contributed by atoms with Crippen molar-refractivity contribution in [3.05, 3.63) is 12.2 Å². The molecule has 0 saturated heterocycles. The second kappa shape index (κ2) is 43.9. The van der Waals surface area contributed by atoms with Gasteiger partial charge in [-0.05, 0) is 38.5 Å². The number of ether oxygens (including phenoxy) is 2. The summed E-state index contributed by atoms with van der Waals surface area (Å²) in [6.07, 6.45) is 49.7. The lowest BCUT2D eigenvalue weighted by atomic mass is 10.0. The SMILES string of the molecule is CCCCC/C=C\CCCCCCCCOCC(COP(=O)(O)OCC[N+](C)(C)C)OC(=O)CCCCCCCCCCCCCCCCCCCCCCCCCC. The van der Waals surface area contributed by atoms with Crippen molar-refractivity contribution < 1.29 is 37.3 Å².